The van der Waals surface area contributed by atoms with Crippen LogP contribution >= 0.6 is 11.6 Å². The lowest BCUT2D eigenvalue weighted by atomic mass is 10.2. The summed E-state index contributed by atoms with van der Waals surface area (Å²) in [5, 5.41) is 0.967. The number of hydrogen-bond acceptors (Lipinski definition) is 4. The van der Waals surface area contributed by atoms with Crippen molar-refractivity contribution < 1.29 is 9.53 Å². The first kappa shape index (κ1) is 19.9. The number of fused-ring (bicyclic) bond motifs is 1. The molecule has 0 aliphatic heterocycles. The second-order valence-corrected chi connectivity index (χ2v) is 6.98. The minimum Gasteiger partial charge on any atom is -0.484 e. The molecule has 146 valence electrons. The number of amides is 1. The highest BCUT2D eigenvalue weighted by Crippen LogP contribution is 2.17. The molecule has 0 spiro atoms. The average molecular weight is 400 g/mol. The molecule has 0 fully saturated rings. The highest BCUT2D eigenvalue weighted by atomic mass is 35.5. The summed E-state index contributed by atoms with van der Waals surface area (Å²) in [4.78, 5) is 33.8. The monoisotopic (exact) mass is 399 g/mol. The van der Waals surface area contributed by atoms with Crippen LogP contribution in [0, 0.1) is 6.92 Å². The van der Waals surface area contributed by atoms with Crippen LogP contribution in [0.25, 0.3) is 10.9 Å². The Morgan fingerprint density at radius 2 is 2.04 bits per heavy atom. The van der Waals surface area contributed by atoms with Gasteiger partial charge in [-0.2, -0.15) is 0 Å². The molecule has 6 nitrogen and oxygen atoms in total. The lowest BCUT2D eigenvalue weighted by molar-refractivity contribution is -0.134. The fourth-order valence-electron chi connectivity index (χ4n) is 2.93. The normalized spacial score (nSPS) is 10.8. The Labute approximate surface area is 168 Å². The van der Waals surface area contributed by atoms with Gasteiger partial charge in [-0.05, 0) is 43.2 Å². The van der Waals surface area contributed by atoms with E-state index in [4.69, 9.17) is 16.3 Å². The topological polar surface area (TPSA) is 75.3 Å². The summed E-state index contributed by atoms with van der Waals surface area (Å²) in [6.07, 6.45) is 0.778. The number of ether oxygens (including phenoxy) is 1. The van der Waals surface area contributed by atoms with Crippen LogP contribution in [0.1, 0.15) is 24.7 Å². The Balaban J connectivity index is 1.77. The van der Waals surface area contributed by atoms with Gasteiger partial charge in [-0.25, -0.2) is 4.98 Å². The number of hydrogen-bond donors (Lipinski definition) is 1. The highest BCUT2D eigenvalue weighted by Gasteiger charge is 2.16. The summed E-state index contributed by atoms with van der Waals surface area (Å²) >= 11 is 6.01. The summed E-state index contributed by atoms with van der Waals surface area (Å²) < 4.78 is 5.67. The highest BCUT2D eigenvalue weighted by molar-refractivity contribution is 6.31. The number of para-hydroxylation sites is 1. The van der Waals surface area contributed by atoms with Crippen molar-refractivity contribution in [3.05, 3.63) is 69.2 Å². The number of aromatic nitrogens is 2. The number of nitrogens with one attached hydrogen (secondary N) is 1. The Bertz CT molecular complexity index is 1050. The van der Waals surface area contributed by atoms with Crippen molar-refractivity contribution in [2.24, 2.45) is 0 Å². The van der Waals surface area contributed by atoms with Crippen molar-refractivity contribution in [3.63, 3.8) is 0 Å². The molecule has 3 rings (SSSR count). The van der Waals surface area contributed by atoms with E-state index < -0.39 is 0 Å². The van der Waals surface area contributed by atoms with Crippen LogP contribution in [0.15, 0.2) is 47.3 Å². The molecule has 0 atom stereocenters. The number of nitrogens with zero attached hydrogens (tertiary/aromatic N) is 2. The molecule has 3 aromatic rings. The third kappa shape index (κ3) is 4.70. The van der Waals surface area contributed by atoms with Gasteiger partial charge in [-0.1, -0.05) is 36.7 Å². The average Bonchev–Trinajstić information content (AvgIpc) is 2.66. The second kappa shape index (κ2) is 8.89. The van der Waals surface area contributed by atoms with E-state index >= 15 is 0 Å². The standard InChI is InChI=1S/C21H22ClN3O3/c1-3-10-25(20(26)13-28-18-7-5-4-6-14(18)2)12-19-23-17-11-15(22)8-9-16(17)21(27)24-19/h4-9,11H,3,10,12-13H2,1-2H3,(H,23,24,27). The van der Waals surface area contributed by atoms with Crippen LogP contribution in [-0.4, -0.2) is 33.9 Å². The molecular formula is C21H22ClN3O3. The van der Waals surface area contributed by atoms with Crippen LogP contribution in [0.5, 0.6) is 5.75 Å². The first-order chi connectivity index (χ1) is 13.5. The number of rotatable bonds is 7. The molecule has 2 aromatic carbocycles. The molecule has 28 heavy (non-hydrogen) atoms. The number of H-pyrrole nitrogens is 1. The van der Waals surface area contributed by atoms with Crippen LogP contribution in [0.3, 0.4) is 0 Å². The first-order valence-corrected chi connectivity index (χ1v) is 9.50. The summed E-state index contributed by atoms with van der Waals surface area (Å²) in [6.45, 7) is 4.57. The molecule has 0 bridgehead atoms. The zero-order valence-electron chi connectivity index (χ0n) is 15.9. The predicted octanol–water partition coefficient (Wildman–Crippen LogP) is 3.70. The van der Waals surface area contributed by atoms with Gasteiger partial charge in [0.2, 0.25) is 0 Å². The van der Waals surface area contributed by atoms with Gasteiger partial charge in [0, 0.05) is 11.6 Å². The van der Waals surface area contributed by atoms with E-state index in [9.17, 15) is 9.59 Å². The quantitative estimate of drug-likeness (QED) is 0.657. The zero-order valence-corrected chi connectivity index (χ0v) is 16.6. The van der Waals surface area contributed by atoms with E-state index in [1.807, 2.05) is 38.1 Å². The molecule has 0 unspecified atom stereocenters. The number of halogens is 1. The van der Waals surface area contributed by atoms with Gasteiger partial charge in [0.05, 0.1) is 17.4 Å². The lowest BCUT2D eigenvalue weighted by Crippen LogP contribution is -2.36. The van der Waals surface area contributed by atoms with E-state index in [0.29, 0.717) is 34.0 Å². The van der Waals surface area contributed by atoms with Crippen LogP contribution in [-0.2, 0) is 11.3 Å². The third-order valence-electron chi connectivity index (χ3n) is 4.35. The molecule has 1 N–H and O–H groups in total. The smallest absolute Gasteiger partial charge is 0.260 e. The number of carbonyl (C=O) groups excluding carboxylic acids is 1. The summed E-state index contributed by atoms with van der Waals surface area (Å²) in [5.41, 5.74) is 1.22. The van der Waals surface area contributed by atoms with Crippen molar-refractivity contribution >= 4 is 28.4 Å². The van der Waals surface area contributed by atoms with Crippen LogP contribution in [0.2, 0.25) is 5.02 Å². The van der Waals surface area contributed by atoms with Gasteiger partial charge in [-0.3, -0.25) is 9.59 Å². The minimum absolute atomic E-state index is 0.0749. The maximum Gasteiger partial charge on any atom is 0.260 e. The molecule has 0 saturated carbocycles. The Morgan fingerprint density at radius 3 is 2.79 bits per heavy atom. The van der Waals surface area contributed by atoms with Gasteiger partial charge in [0.25, 0.3) is 11.5 Å². The Morgan fingerprint density at radius 1 is 1.25 bits per heavy atom. The molecule has 1 amide bonds. The minimum atomic E-state index is -0.253. The fourth-order valence-corrected chi connectivity index (χ4v) is 3.09. The molecule has 1 aromatic heterocycles. The lowest BCUT2D eigenvalue weighted by Gasteiger charge is -2.22. The van der Waals surface area contributed by atoms with Crippen LogP contribution < -0.4 is 10.3 Å². The van der Waals surface area contributed by atoms with Gasteiger partial charge < -0.3 is 14.6 Å². The van der Waals surface area contributed by atoms with Gasteiger partial charge in [-0.15, -0.1) is 0 Å². The second-order valence-electron chi connectivity index (χ2n) is 6.54. The van der Waals surface area contributed by atoms with Crippen molar-refractivity contribution in [1.29, 1.82) is 0 Å². The van der Waals surface area contributed by atoms with E-state index in [1.165, 1.54) is 0 Å². The number of aromatic amines is 1. The molecule has 0 radical (unpaired) electrons. The molecule has 0 aliphatic carbocycles. The maximum atomic E-state index is 12.7. The van der Waals surface area contributed by atoms with Crippen LogP contribution in [0.4, 0.5) is 0 Å². The van der Waals surface area contributed by atoms with Gasteiger partial charge in [0.15, 0.2) is 6.61 Å². The van der Waals surface area contributed by atoms with Crippen molar-refractivity contribution in [1.82, 2.24) is 14.9 Å². The molecular weight excluding hydrogens is 378 g/mol. The van der Waals surface area contributed by atoms with E-state index in [2.05, 4.69) is 9.97 Å². The zero-order chi connectivity index (χ0) is 20.1. The number of carbonyl (C=O) groups is 1. The van der Waals surface area contributed by atoms with E-state index in [1.54, 1.807) is 23.1 Å². The molecule has 0 aliphatic rings. The van der Waals surface area contributed by atoms with Crippen molar-refractivity contribution in [2.45, 2.75) is 26.8 Å². The van der Waals surface area contributed by atoms with Crippen molar-refractivity contribution in [2.75, 3.05) is 13.2 Å². The Hall–Kier alpha value is -2.86. The Kier molecular flexibility index (Phi) is 6.31. The third-order valence-corrected chi connectivity index (χ3v) is 4.58. The van der Waals surface area contributed by atoms with E-state index in [-0.39, 0.29) is 24.6 Å². The first-order valence-electron chi connectivity index (χ1n) is 9.12. The fraction of sp³-hybridized carbons (Fsp3) is 0.286. The summed E-state index contributed by atoms with van der Waals surface area (Å²) in [7, 11) is 0. The largest absolute Gasteiger partial charge is 0.484 e. The predicted molar refractivity (Wildman–Crippen MR) is 110 cm³/mol. The SMILES string of the molecule is CCCN(Cc1nc2cc(Cl)ccc2c(=O)[nH]1)C(=O)COc1ccccc1C. The number of aryl methyl sites for hydroxylation is 1. The number of benzene rings is 2. The van der Waals surface area contributed by atoms with E-state index in [0.717, 1.165) is 12.0 Å². The summed E-state index contributed by atoms with van der Waals surface area (Å²) in [6, 6.07) is 12.5. The summed E-state index contributed by atoms with van der Waals surface area (Å²) in [5.74, 6) is 0.926. The van der Waals surface area contributed by atoms with Gasteiger partial charge in [0.1, 0.15) is 11.6 Å². The molecule has 0 saturated heterocycles. The van der Waals surface area contributed by atoms with Crippen molar-refractivity contribution in [3.8, 4) is 5.75 Å². The maximum absolute atomic E-state index is 12.7. The molecule has 7 heteroatoms. The van der Waals surface area contributed by atoms with Gasteiger partial charge >= 0.3 is 0 Å². The molecule has 1 heterocycles.